The molecule has 3 heteroatoms. The zero-order valence-corrected chi connectivity index (χ0v) is 9.67. The van der Waals surface area contributed by atoms with Crippen LogP contribution >= 0.6 is 0 Å². The van der Waals surface area contributed by atoms with Crippen molar-refractivity contribution in [1.82, 2.24) is 4.98 Å². The minimum atomic E-state index is -0.934. The van der Waals surface area contributed by atoms with Crippen LogP contribution < -0.4 is 0 Å². The van der Waals surface area contributed by atoms with Crippen molar-refractivity contribution in [3.05, 3.63) is 36.0 Å². The zero-order valence-electron chi connectivity index (χ0n) is 8.86. The van der Waals surface area contributed by atoms with Crippen LogP contribution in [0.1, 0.15) is 12.5 Å². The molecule has 1 aromatic heterocycles. The minimum Gasteiger partial charge on any atom is -0.612 e. The summed E-state index contributed by atoms with van der Waals surface area (Å²) in [6.45, 7) is 2.13. The van der Waals surface area contributed by atoms with Crippen LogP contribution in [0.4, 0.5) is 0 Å². The van der Waals surface area contributed by atoms with Crippen molar-refractivity contribution in [2.75, 3.05) is 6.26 Å². The molecule has 2 rings (SSSR count). The average Bonchev–Trinajstić information content (AvgIpc) is 2.27. The molecular formula is C12H13NOS. The van der Waals surface area contributed by atoms with Gasteiger partial charge >= 0.3 is 0 Å². The molecule has 2 aromatic rings. The van der Waals surface area contributed by atoms with Gasteiger partial charge in [-0.2, -0.15) is 0 Å². The van der Waals surface area contributed by atoms with Crippen molar-refractivity contribution in [3.8, 4) is 0 Å². The Morgan fingerprint density at radius 1 is 1.33 bits per heavy atom. The molecule has 0 aliphatic rings. The van der Waals surface area contributed by atoms with Gasteiger partial charge in [0.25, 0.3) is 0 Å². The van der Waals surface area contributed by atoms with Crippen molar-refractivity contribution in [2.45, 2.75) is 18.2 Å². The van der Waals surface area contributed by atoms with Gasteiger partial charge < -0.3 is 4.55 Å². The Kier molecular flexibility index (Phi) is 2.93. The fourth-order valence-electron chi connectivity index (χ4n) is 1.67. The molecule has 1 atom stereocenters. The van der Waals surface area contributed by atoms with E-state index in [0.29, 0.717) is 0 Å². The standard InChI is InChI=1S/C12H13NOS/c1-3-9-6-7-13-12-8-10(15(2)14)4-5-11(9)12/h4-8H,3H2,1-2H3. The van der Waals surface area contributed by atoms with Crippen molar-refractivity contribution < 1.29 is 4.55 Å². The van der Waals surface area contributed by atoms with Crippen LogP contribution in [0.25, 0.3) is 10.9 Å². The number of rotatable bonds is 2. The topological polar surface area (TPSA) is 36.0 Å². The first-order chi connectivity index (χ1) is 7.22. The molecule has 0 bridgehead atoms. The molecule has 0 fully saturated rings. The highest BCUT2D eigenvalue weighted by Crippen LogP contribution is 2.20. The van der Waals surface area contributed by atoms with E-state index in [1.807, 2.05) is 30.5 Å². The van der Waals surface area contributed by atoms with Gasteiger partial charge in [0, 0.05) is 17.6 Å². The van der Waals surface area contributed by atoms with E-state index in [1.165, 1.54) is 5.56 Å². The molecule has 0 aliphatic carbocycles. The Hall–Kier alpha value is -1.06. The van der Waals surface area contributed by atoms with Crippen molar-refractivity contribution in [1.29, 1.82) is 0 Å². The summed E-state index contributed by atoms with van der Waals surface area (Å²) in [5.74, 6) is 0. The number of benzene rings is 1. The van der Waals surface area contributed by atoms with Crippen LogP contribution in [0, 0.1) is 0 Å². The lowest BCUT2D eigenvalue weighted by atomic mass is 10.1. The Balaban J connectivity index is 2.63. The second-order valence-corrected chi connectivity index (χ2v) is 4.84. The van der Waals surface area contributed by atoms with Gasteiger partial charge in [-0.15, -0.1) is 0 Å². The molecule has 0 N–H and O–H groups in total. The zero-order chi connectivity index (χ0) is 10.8. The lowest BCUT2D eigenvalue weighted by Crippen LogP contribution is -1.97. The van der Waals surface area contributed by atoms with E-state index >= 15 is 0 Å². The number of aromatic nitrogens is 1. The lowest BCUT2D eigenvalue weighted by Gasteiger charge is -2.07. The molecule has 0 radical (unpaired) electrons. The first-order valence-electron chi connectivity index (χ1n) is 4.93. The van der Waals surface area contributed by atoms with Crippen molar-refractivity contribution in [3.63, 3.8) is 0 Å². The summed E-state index contributed by atoms with van der Waals surface area (Å²) in [5, 5.41) is 1.16. The maximum Gasteiger partial charge on any atom is 0.154 e. The molecule has 0 amide bonds. The lowest BCUT2D eigenvalue weighted by molar-refractivity contribution is 0.601. The Morgan fingerprint density at radius 2 is 2.13 bits per heavy atom. The summed E-state index contributed by atoms with van der Waals surface area (Å²) in [5.41, 5.74) is 2.22. The highest BCUT2D eigenvalue weighted by molar-refractivity contribution is 7.90. The van der Waals surface area contributed by atoms with Gasteiger partial charge in [-0.05, 0) is 41.4 Å². The highest BCUT2D eigenvalue weighted by atomic mass is 32.2. The highest BCUT2D eigenvalue weighted by Gasteiger charge is 2.07. The summed E-state index contributed by atoms with van der Waals surface area (Å²) in [7, 11) is 0. The average molecular weight is 219 g/mol. The predicted octanol–water partition coefficient (Wildman–Crippen LogP) is 2.53. The van der Waals surface area contributed by atoms with E-state index in [2.05, 4.69) is 11.9 Å². The van der Waals surface area contributed by atoms with Crippen LogP contribution in [0.15, 0.2) is 35.4 Å². The van der Waals surface area contributed by atoms with E-state index in [-0.39, 0.29) is 0 Å². The summed E-state index contributed by atoms with van der Waals surface area (Å²) in [6, 6.07) is 7.87. The molecule has 78 valence electrons. The van der Waals surface area contributed by atoms with Gasteiger partial charge in [0.1, 0.15) is 6.26 Å². The van der Waals surface area contributed by atoms with E-state index in [0.717, 1.165) is 22.2 Å². The first kappa shape index (κ1) is 10.5. The molecule has 0 saturated carbocycles. The Morgan fingerprint density at radius 3 is 2.80 bits per heavy atom. The molecule has 2 nitrogen and oxygen atoms in total. The molecule has 0 spiro atoms. The Bertz CT molecular complexity index is 482. The van der Waals surface area contributed by atoms with E-state index in [9.17, 15) is 4.55 Å². The fraction of sp³-hybridized carbons (Fsp3) is 0.250. The van der Waals surface area contributed by atoms with Gasteiger partial charge in [0.05, 0.1) is 5.52 Å². The fourth-order valence-corrected chi connectivity index (χ4v) is 2.21. The van der Waals surface area contributed by atoms with Crippen LogP contribution in [0.2, 0.25) is 0 Å². The number of aryl methyl sites for hydroxylation is 1. The first-order valence-corrected chi connectivity index (χ1v) is 6.49. The summed E-state index contributed by atoms with van der Waals surface area (Å²) in [6.07, 6.45) is 4.49. The van der Waals surface area contributed by atoms with Crippen LogP contribution in [-0.2, 0) is 17.6 Å². The molecule has 1 heterocycles. The second-order valence-electron chi connectivity index (χ2n) is 3.46. The van der Waals surface area contributed by atoms with Crippen LogP contribution in [0.3, 0.4) is 0 Å². The SMILES string of the molecule is CCc1ccnc2cc([S+](C)[O-])ccc12. The number of fused-ring (bicyclic) bond motifs is 1. The number of hydrogen-bond acceptors (Lipinski definition) is 2. The molecule has 0 saturated heterocycles. The van der Waals surface area contributed by atoms with Gasteiger partial charge in [0.15, 0.2) is 4.90 Å². The van der Waals surface area contributed by atoms with Gasteiger partial charge in [-0.25, -0.2) is 0 Å². The van der Waals surface area contributed by atoms with E-state index in [4.69, 9.17) is 0 Å². The minimum absolute atomic E-state index is 0.836. The van der Waals surface area contributed by atoms with Gasteiger partial charge in [0.2, 0.25) is 0 Å². The molecule has 15 heavy (non-hydrogen) atoms. The number of pyridine rings is 1. The predicted molar refractivity (Wildman–Crippen MR) is 63.5 cm³/mol. The maximum atomic E-state index is 11.3. The van der Waals surface area contributed by atoms with Gasteiger partial charge in [-0.3, -0.25) is 4.98 Å². The van der Waals surface area contributed by atoms with Crippen LogP contribution in [0.5, 0.6) is 0 Å². The quantitative estimate of drug-likeness (QED) is 0.728. The second kappa shape index (κ2) is 4.21. The molecule has 1 aromatic carbocycles. The van der Waals surface area contributed by atoms with Crippen LogP contribution in [-0.4, -0.2) is 15.8 Å². The normalized spacial score (nSPS) is 13.0. The molecular weight excluding hydrogens is 206 g/mol. The maximum absolute atomic E-state index is 11.3. The van der Waals surface area contributed by atoms with Crippen molar-refractivity contribution >= 4 is 22.1 Å². The number of hydrogen-bond donors (Lipinski definition) is 0. The smallest absolute Gasteiger partial charge is 0.154 e. The molecule has 1 unspecified atom stereocenters. The van der Waals surface area contributed by atoms with Gasteiger partial charge in [-0.1, -0.05) is 6.92 Å². The van der Waals surface area contributed by atoms with Crippen molar-refractivity contribution in [2.24, 2.45) is 0 Å². The molecule has 0 aliphatic heterocycles. The van der Waals surface area contributed by atoms with E-state index < -0.39 is 11.2 Å². The third-order valence-electron chi connectivity index (χ3n) is 2.52. The monoisotopic (exact) mass is 219 g/mol. The summed E-state index contributed by atoms with van der Waals surface area (Å²) >= 11 is -0.934. The van der Waals surface area contributed by atoms with E-state index in [1.54, 1.807) is 6.26 Å². The number of nitrogens with zero attached hydrogens (tertiary/aromatic N) is 1. The largest absolute Gasteiger partial charge is 0.612 e. The summed E-state index contributed by atoms with van der Waals surface area (Å²) < 4.78 is 11.3. The third kappa shape index (κ3) is 1.98. The Labute approximate surface area is 92.5 Å². The third-order valence-corrected chi connectivity index (χ3v) is 3.44. The summed E-state index contributed by atoms with van der Waals surface area (Å²) in [4.78, 5) is 5.13.